The highest BCUT2D eigenvalue weighted by molar-refractivity contribution is 6.30. The largest absolute Gasteiger partial charge is 0.370 e. The molecule has 0 unspecified atom stereocenters. The van der Waals surface area contributed by atoms with E-state index in [4.69, 9.17) is 23.1 Å². The predicted molar refractivity (Wildman–Crippen MR) is 70.2 cm³/mol. The van der Waals surface area contributed by atoms with Crippen molar-refractivity contribution in [1.82, 2.24) is 4.98 Å². The Morgan fingerprint density at radius 3 is 2.53 bits per heavy atom. The Labute approximate surface area is 104 Å². The number of rotatable bonds is 2. The summed E-state index contributed by atoms with van der Waals surface area (Å²) >= 11 is 5.92. The number of guanidine groups is 1. The van der Waals surface area contributed by atoms with Crippen molar-refractivity contribution in [2.24, 2.45) is 16.5 Å². The molecular formula is C12H11ClN4. The van der Waals surface area contributed by atoms with Crippen molar-refractivity contribution in [1.29, 1.82) is 0 Å². The van der Waals surface area contributed by atoms with Crippen molar-refractivity contribution in [2.75, 3.05) is 0 Å². The van der Waals surface area contributed by atoms with E-state index in [-0.39, 0.29) is 5.96 Å². The monoisotopic (exact) mass is 246 g/mol. The van der Waals surface area contributed by atoms with E-state index in [1.165, 1.54) is 0 Å². The van der Waals surface area contributed by atoms with Gasteiger partial charge in [0, 0.05) is 16.8 Å². The number of pyridine rings is 1. The third kappa shape index (κ3) is 2.95. The summed E-state index contributed by atoms with van der Waals surface area (Å²) in [4.78, 5) is 7.98. The molecule has 5 heteroatoms. The zero-order chi connectivity index (χ0) is 12.3. The van der Waals surface area contributed by atoms with Crippen LogP contribution in [0, 0.1) is 0 Å². The maximum atomic E-state index is 5.92. The lowest BCUT2D eigenvalue weighted by molar-refractivity contribution is 1.26. The molecule has 4 N–H and O–H groups in total. The van der Waals surface area contributed by atoms with E-state index in [1.807, 2.05) is 30.3 Å². The van der Waals surface area contributed by atoms with Gasteiger partial charge in [-0.05, 0) is 29.8 Å². The molecule has 0 aliphatic carbocycles. The molecule has 0 radical (unpaired) electrons. The van der Waals surface area contributed by atoms with Gasteiger partial charge in [-0.3, -0.25) is 0 Å². The summed E-state index contributed by atoms with van der Waals surface area (Å²) in [6.45, 7) is 0. The topological polar surface area (TPSA) is 77.3 Å². The summed E-state index contributed by atoms with van der Waals surface area (Å²) in [7, 11) is 0. The highest BCUT2D eigenvalue weighted by Gasteiger charge is 1.99. The average molecular weight is 247 g/mol. The van der Waals surface area contributed by atoms with Gasteiger partial charge in [0.05, 0.1) is 0 Å². The summed E-state index contributed by atoms with van der Waals surface area (Å²) in [6, 6.07) is 11.2. The standard InChI is InChI=1S/C12H11ClN4/c13-10-3-1-2-8(6-10)9-4-5-11(16-7-9)17-12(14)15/h1-7H,(H4,14,15,16,17). The Morgan fingerprint density at radius 2 is 1.94 bits per heavy atom. The van der Waals surface area contributed by atoms with E-state index in [9.17, 15) is 0 Å². The summed E-state index contributed by atoms with van der Waals surface area (Å²) in [6.07, 6.45) is 1.70. The Hall–Kier alpha value is -2.07. The Kier molecular flexibility index (Phi) is 3.25. The number of aliphatic imine (C=N–C) groups is 1. The van der Waals surface area contributed by atoms with E-state index < -0.39 is 0 Å². The van der Waals surface area contributed by atoms with Gasteiger partial charge in [0.1, 0.15) is 0 Å². The number of nitrogens with two attached hydrogens (primary N) is 2. The molecule has 0 bridgehead atoms. The predicted octanol–water partition coefficient (Wildman–Crippen LogP) is 2.31. The summed E-state index contributed by atoms with van der Waals surface area (Å²) in [5.41, 5.74) is 12.5. The van der Waals surface area contributed by atoms with Crippen LogP contribution in [0.25, 0.3) is 11.1 Å². The molecule has 1 aromatic heterocycles. The average Bonchev–Trinajstić information content (AvgIpc) is 2.29. The molecule has 2 rings (SSSR count). The molecule has 4 nitrogen and oxygen atoms in total. The Balaban J connectivity index is 2.32. The van der Waals surface area contributed by atoms with Gasteiger partial charge in [0.25, 0.3) is 0 Å². The van der Waals surface area contributed by atoms with Gasteiger partial charge in [-0.25, -0.2) is 4.98 Å². The van der Waals surface area contributed by atoms with Crippen molar-refractivity contribution >= 4 is 23.4 Å². The Morgan fingerprint density at radius 1 is 1.12 bits per heavy atom. The number of hydrogen-bond acceptors (Lipinski definition) is 2. The van der Waals surface area contributed by atoms with Crippen molar-refractivity contribution in [3.8, 4) is 11.1 Å². The van der Waals surface area contributed by atoms with Crippen LogP contribution >= 0.6 is 11.6 Å². The molecule has 0 spiro atoms. The van der Waals surface area contributed by atoms with Crippen LogP contribution in [-0.2, 0) is 0 Å². The minimum atomic E-state index is -0.00648. The van der Waals surface area contributed by atoms with Gasteiger partial charge in [0.15, 0.2) is 11.8 Å². The fourth-order valence-electron chi connectivity index (χ4n) is 1.42. The molecule has 0 saturated heterocycles. The number of halogens is 1. The van der Waals surface area contributed by atoms with Crippen molar-refractivity contribution in [3.05, 3.63) is 47.6 Å². The second kappa shape index (κ2) is 4.84. The highest BCUT2D eigenvalue weighted by atomic mass is 35.5. The van der Waals surface area contributed by atoms with Crippen LogP contribution < -0.4 is 11.5 Å². The van der Waals surface area contributed by atoms with Crippen LogP contribution in [-0.4, -0.2) is 10.9 Å². The first-order valence-corrected chi connectivity index (χ1v) is 5.34. The van der Waals surface area contributed by atoms with Gasteiger partial charge in [-0.1, -0.05) is 23.7 Å². The van der Waals surface area contributed by atoms with E-state index in [0.29, 0.717) is 10.8 Å². The van der Waals surface area contributed by atoms with Gasteiger partial charge < -0.3 is 11.5 Å². The van der Waals surface area contributed by atoms with Crippen LogP contribution in [0.5, 0.6) is 0 Å². The molecule has 0 aliphatic rings. The lowest BCUT2D eigenvalue weighted by Crippen LogP contribution is -2.22. The van der Waals surface area contributed by atoms with Crippen LogP contribution in [0.4, 0.5) is 5.82 Å². The minimum Gasteiger partial charge on any atom is -0.370 e. The SMILES string of the molecule is NC(N)=Nc1ccc(-c2cccc(Cl)c2)cn1. The third-order valence-electron chi connectivity index (χ3n) is 2.15. The fourth-order valence-corrected chi connectivity index (χ4v) is 1.61. The normalized spacial score (nSPS) is 9.94. The zero-order valence-corrected chi connectivity index (χ0v) is 9.72. The minimum absolute atomic E-state index is 0.00648. The third-order valence-corrected chi connectivity index (χ3v) is 2.38. The number of hydrogen-bond donors (Lipinski definition) is 2. The van der Waals surface area contributed by atoms with Gasteiger partial charge in [-0.2, -0.15) is 4.99 Å². The number of nitrogens with zero attached hydrogens (tertiary/aromatic N) is 2. The molecule has 17 heavy (non-hydrogen) atoms. The van der Waals surface area contributed by atoms with E-state index in [2.05, 4.69) is 9.98 Å². The van der Waals surface area contributed by atoms with Crippen LogP contribution in [0.15, 0.2) is 47.6 Å². The van der Waals surface area contributed by atoms with Crippen molar-refractivity contribution < 1.29 is 0 Å². The Bertz CT molecular complexity index is 545. The van der Waals surface area contributed by atoms with Crippen molar-refractivity contribution in [2.45, 2.75) is 0 Å². The van der Waals surface area contributed by atoms with Gasteiger partial charge >= 0.3 is 0 Å². The van der Waals surface area contributed by atoms with E-state index in [1.54, 1.807) is 12.3 Å². The highest BCUT2D eigenvalue weighted by Crippen LogP contribution is 2.23. The van der Waals surface area contributed by atoms with Gasteiger partial charge in [-0.15, -0.1) is 0 Å². The number of benzene rings is 1. The summed E-state index contributed by atoms with van der Waals surface area (Å²) < 4.78 is 0. The molecule has 0 atom stereocenters. The first-order valence-electron chi connectivity index (χ1n) is 4.97. The molecular weight excluding hydrogens is 236 g/mol. The van der Waals surface area contributed by atoms with E-state index >= 15 is 0 Å². The molecule has 2 aromatic rings. The zero-order valence-electron chi connectivity index (χ0n) is 8.97. The molecule has 1 aromatic carbocycles. The number of aromatic nitrogens is 1. The van der Waals surface area contributed by atoms with Crippen LogP contribution in [0.1, 0.15) is 0 Å². The van der Waals surface area contributed by atoms with Gasteiger partial charge in [0.2, 0.25) is 0 Å². The van der Waals surface area contributed by atoms with E-state index in [0.717, 1.165) is 11.1 Å². The molecule has 0 saturated carbocycles. The molecule has 0 aliphatic heterocycles. The molecule has 1 heterocycles. The first kappa shape index (κ1) is 11.4. The maximum absolute atomic E-state index is 5.92. The smallest absolute Gasteiger partial charge is 0.192 e. The molecule has 0 fully saturated rings. The molecule has 86 valence electrons. The second-order valence-corrected chi connectivity index (χ2v) is 3.89. The quantitative estimate of drug-likeness (QED) is 0.631. The summed E-state index contributed by atoms with van der Waals surface area (Å²) in [5.74, 6) is 0.476. The lowest BCUT2D eigenvalue weighted by atomic mass is 10.1. The fraction of sp³-hybridized carbons (Fsp3) is 0. The van der Waals surface area contributed by atoms with Crippen LogP contribution in [0.2, 0.25) is 5.02 Å². The second-order valence-electron chi connectivity index (χ2n) is 3.45. The molecule has 0 amide bonds. The summed E-state index contributed by atoms with van der Waals surface area (Å²) in [5, 5.41) is 0.691. The van der Waals surface area contributed by atoms with Crippen LogP contribution in [0.3, 0.4) is 0 Å². The van der Waals surface area contributed by atoms with Crippen molar-refractivity contribution in [3.63, 3.8) is 0 Å². The lowest BCUT2D eigenvalue weighted by Gasteiger charge is -2.02. The maximum Gasteiger partial charge on any atom is 0.192 e. The first-order chi connectivity index (χ1) is 8.15.